The number of nitrogens with two attached hydrogens (primary N) is 1. The largest absolute Gasteiger partial charge is 0.330 e. The van der Waals surface area contributed by atoms with E-state index in [1.807, 2.05) is 6.08 Å². The Bertz CT molecular complexity index is 111. The summed E-state index contributed by atoms with van der Waals surface area (Å²) in [5.41, 5.74) is 5.87. The fraction of sp³-hybridized carbons (Fsp3) is 0.800. The first-order chi connectivity index (χ1) is 4.99. The average Bonchev–Trinajstić information content (AvgIpc) is 1.84. The molecule has 0 aliphatic rings. The van der Waals surface area contributed by atoms with Gasteiger partial charge in [0.2, 0.25) is 0 Å². The highest BCUT2D eigenvalue weighted by Gasteiger charge is 2.15. The van der Waals surface area contributed by atoms with Crippen LogP contribution in [-0.4, -0.2) is 6.54 Å². The van der Waals surface area contributed by atoms with Crippen LogP contribution in [0.5, 0.6) is 0 Å². The van der Waals surface area contributed by atoms with Crippen LogP contribution in [0.2, 0.25) is 0 Å². The normalized spacial score (nSPS) is 14.5. The molecular formula is C10H21N. The summed E-state index contributed by atoms with van der Waals surface area (Å²) in [6.45, 7) is 11.3. The molecule has 66 valence electrons. The Morgan fingerprint density at radius 3 is 2.27 bits per heavy atom. The zero-order chi connectivity index (χ0) is 8.91. The lowest BCUT2D eigenvalue weighted by Crippen LogP contribution is -2.14. The lowest BCUT2D eigenvalue weighted by molar-refractivity contribution is 0.318. The van der Waals surface area contributed by atoms with E-state index in [9.17, 15) is 0 Å². The highest BCUT2D eigenvalue weighted by atomic mass is 14.5. The van der Waals surface area contributed by atoms with E-state index >= 15 is 0 Å². The second-order valence-corrected chi connectivity index (χ2v) is 4.34. The lowest BCUT2D eigenvalue weighted by Gasteiger charge is -2.23. The van der Waals surface area contributed by atoms with E-state index in [2.05, 4.69) is 27.4 Å². The summed E-state index contributed by atoms with van der Waals surface area (Å²) < 4.78 is 0. The summed E-state index contributed by atoms with van der Waals surface area (Å²) >= 11 is 0. The van der Waals surface area contributed by atoms with Gasteiger partial charge in [-0.3, -0.25) is 0 Å². The number of hydrogen-bond donors (Lipinski definition) is 1. The molecule has 0 saturated heterocycles. The smallest absolute Gasteiger partial charge is 0.00717 e. The molecule has 0 aromatic carbocycles. The first-order valence-electron chi connectivity index (χ1n) is 4.32. The first-order valence-corrected chi connectivity index (χ1v) is 4.32. The Kier molecular flexibility index (Phi) is 4.43. The molecule has 0 heterocycles. The van der Waals surface area contributed by atoms with Gasteiger partial charge in [0.25, 0.3) is 0 Å². The van der Waals surface area contributed by atoms with Gasteiger partial charge in [-0.2, -0.15) is 0 Å². The van der Waals surface area contributed by atoms with Crippen LogP contribution in [-0.2, 0) is 0 Å². The van der Waals surface area contributed by atoms with Crippen LogP contribution < -0.4 is 5.73 Å². The van der Waals surface area contributed by atoms with Crippen molar-refractivity contribution in [1.29, 1.82) is 0 Å². The Morgan fingerprint density at radius 2 is 2.00 bits per heavy atom. The molecule has 0 radical (unpaired) electrons. The minimum absolute atomic E-state index is 0.397. The van der Waals surface area contributed by atoms with E-state index in [0.717, 1.165) is 13.0 Å². The molecule has 0 aromatic heterocycles. The summed E-state index contributed by atoms with van der Waals surface area (Å²) in [7, 11) is 0. The van der Waals surface area contributed by atoms with Gasteiger partial charge < -0.3 is 5.73 Å². The van der Waals surface area contributed by atoms with Gasteiger partial charge >= 0.3 is 0 Å². The van der Waals surface area contributed by atoms with E-state index in [1.165, 1.54) is 6.42 Å². The van der Waals surface area contributed by atoms with Crippen molar-refractivity contribution < 1.29 is 0 Å². The molecule has 0 amide bonds. The fourth-order valence-corrected chi connectivity index (χ4v) is 1.30. The molecule has 2 N–H and O–H groups in total. The van der Waals surface area contributed by atoms with Crippen LogP contribution in [0.1, 0.15) is 33.6 Å². The van der Waals surface area contributed by atoms with E-state index in [-0.39, 0.29) is 0 Å². The summed E-state index contributed by atoms with van der Waals surface area (Å²) in [5, 5.41) is 0. The molecular weight excluding hydrogens is 134 g/mol. The van der Waals surface area contributed by atoms with Gasteiger partial charge in [-0.1, -0.05) is 26.8 Å². The minimum Gasteiger partial charge on any atom is -0.330 e. The van der Waals surface area contributed by atoms with Crippen molar-refractivity contribution in [3.63, 3.8) is 0 Å². The fourth-order valence-electron chi connectivity index (χ4n) is 1.30. The molecule has 1 heteroatoms. The van der Waals surface area contributed by atoms with Crippen molar-refractivity contribution in [2.75, 3.05) is 6.54 Å². The maximum Gasteiger partial charge on any atom is -0.00717 e. The minimum atomic E-state index is 0.397. The maximum atomic E-state index is 5.48. The van der Waals surface area contributed by atoms with Gasteiger partial charge in [-0.15, -0.1) is 6.58 Å². The number of hydrogen-bond acceptors (Lipinski definition) is 1. The Labute approximate surface area is 70.7 Å². The van der Waals surface area contributed by atoms with Crippen LogP contribution in [0, 0.1) is 11.3 Å². The lowest BCUT2D eigenvalue weighted by atomic mass is 9.83. The molecule has 1 unspecified atom stereocenters. The molecule has 1 atom stereocenters. The second kappa shape index (κ2) is 4.55. The van der Waals surface area contributed by atoms with Crippen LogP contribution in [0.25, 0.3) is 0 Å². The zero-order valence-electron chi connectivity index (χ0n) is 8.06. The molecule has 11 heavy (non-hydrogen) atoms. The van der Waals surface area contributed by atoms with Crippen molar-refractivity contribution >= 4 is 0 Å². The predicted molar refractivity (Wildman–Crippen MR) is 51.4 cm³/mol. The van der Waals surface area contributed by atoms with Gasteiger partial charge in [-0.05, 0) is 30.7 Å². The van der Waals surface area contributed by atoms with E-state index < -0.39 is 0 Å². The molecule has 0 spiro atoms. The van der Waals surface area contributed by atoms with Crippen LogP contribution in [0.4, 0.5) is 0 Å². The van der Waals surface area contributed by atoms with Crippen LogP contribution in [0.3, 0.4) is 0 Å². The maximum absolute atomic E-state index is 5.48. The van der Waals surface area contributed by atoms with Gasteiger partial charge in [-0.25, -0.2) is 0 Å². The third kappa shape index (κ3) is 6.11. The van der Waals surface area contributed by atoms with Crippen LogP contribution in [0.15, 0.2) is 12.7 Å². The Morgan fingerprint density at radius 1 is 1.45 bits per heavy atom. The highest BCUT2D eigenvalue weighted by molar-refractivity contribution is 4.82. The molecule has 0 rings (SSSR count). The molecule has 1 nitrogen and oxygen atoms in total. The number of allylic oxidation sites excluding steroid dienone is 1. The predicted octanol–water partition coefficient (Wildman–Crippen LogP) is 2.57. The molecule has 0 fully saturated rings. The van der Waals surface area contributed by atoms with Crippen LogP contribution >= 0.6 is 0 Å². The summed E-state index contributed by atoms with van der Waals surface area (Å²) in [5.74, 6) is 0.597. The Hall–Kier alpha value is -0.300. The standard InChI is InChI=1S/C10H21N/c1-5-9(6-7-11)8-10(2,3)4/h5,9H,1,6-8,11H2,2-4H3. The van der Waals surface area contributed by atoms with Crippen molar-refractivity contribution in [3.05, 3.63) is 12.7 Å². The van der Waals surface area contributed by atoms with Crippen molar-refractivity contribution in [2.24, 2.45) is 17.1 Å². The van der Waals surface area contributed by atoms with Gasteiger partial charge in [0, 0.05) is 0 Å². The molecule has 0 aromatic rings. The van der Waals surface area contributed by atoms with Crippen molar-refractivity contribution in [1.82, 2.24) is 0 Å². The van der Waals surface area contributed by atoms with Gasteiger partial charge in [0.15, 0.2) is 0 Å². The van der Waals surface area contributed by atoms with Gasteiger partial charge in [0.05, 0.1) is 0 Å². The molecule has 0 bridgehead atoms. The van der Waals surface area contributed by atoms with Crippen molar-refractivity contribution in [3.8, 4) is 0 Å². The highest BCUT2D eigenvalue weighted by Crippen LogP contribution is 2.26. The van der Waals surface area contributed by atoms with Crippen molar-refractivity contribution in [2.45, 2.75) is 33.6 Å². The van der Waals surface area contributed by atoms with E-state index in [0.29, 0.717) is 11.3 Å². The first kappa shape index (κ1) is 10.7. The molecule has 0 aliphatic carbocycles. The topological polar surface area (TPSA) is 26.0 Å². The van der Waals surface area contributed by atoms with E-state index in [1.54, 1.807) is 0 Å². The third-order valence-corrected chi connectivity index (χ3v) is 1.75. The Balaban J connectivity index is 3.77. The van der Waals surface area contributed by atoms with E-state index in [4.69, 9.17) is 5.73 Å². The quantitative estimate of drug-likeness (QED) is 0.620. The monoisotopic (exact) mass is 155 g/mol. The summed E-state index contributed by atoms with van der Waals surface area (Å²) in [4.78, 5) is 0. The third-order valence-electron chi connectivity index (χ3n) is 1.75. The molecule has 0 aliphatic heterocycles. The second-order valence-electron chi connectivity index (χ2n) is 4.34. The summed E-state index contributed by atoms with van der Waals surface area (Å²) in [6.07, 6.45) is 4.28. The zero-order valence-corrected chi connectivity index (χ0v) is 8.06. The SMILES string of the molecule is C=CC(CCN)CC(C)(C)C. The number of rotatable bonds is 4. The van der Waals surface area contributed by atoms with Gasteiger partial charge in [0.1, 0.15) is 0 Å². The summed E-state index contributed by atoms with van der Waals surface area (Å²) in [6, 6.07) is 0. The average molecular weight is 155 g/mol. The molecule has 0 saturated carbocycles.